The van der Waals surface area contributed by atoms with E-state index >= 15 is 0 Å². The molecule has 0 spiro atoms. The molecule has 8 nitrogen and oxygen atoms in total. The molecule has 1 N–H and O–H groups in total. The lowest BCUT2D eigenvalue weighted by Crippen LogP contribution is -2.36. The number of anilines is 2. The molecule has 4 rings (SSSR count). The number of benzene rings is 2. The fraction of sp³-hybridized carbons (Fsp3) is 0.200. The Morgan fingerprint density at radius 1 is 1.16 bits per heavy atom. The van der Waals surface area contributed by atoms with Crippen molar-refractivity contribution in [3.05, 3.63) is 69.1 Å². The second-order valence-electron chi connectivity index (χ2n) is 6.68. The van der Waals surface area contributed by atoms with Crippen LogP contribution in [-0.4, -0.2) is 42.1 Å². The summed E-state index contributed by atoms with van der Waals surface area (Å²) in [7, 11) is 0. The van der Waals surface area contributed by atoms with E-state index in [1.807, 2.05) is 4.90 Å². The molecule has 11 heteroatoms. The van der Waals surface area contributed by atoms with Crippen molar-refractivity contribution in [1.82, 2.24) is 4.98 Å². The number of nitro benzene ring substituents is 1. The van der Waals surface area contributed by atoms with Gasteiger partial charge in [0, 0.05) is 35.7 Å². The number of hydrogen-bond donors (Lipinski definition) is 1. The molecule has 31 heavy (non-hydrogen) atoms. The SMILES string of the molecule is O=C(Nc1nc(-c2ccc(F)c(F)c2)cs1)c1ccc(N2CCOCC2)c([N+](=O)[O-])c1. The van der Waals surface area contributed by atoms with Crippen LogP contribution in [0.5, 0.6) is 0 Å². The monoisotopic (exact) mass is 446 g/mol. The van der Waals surface area contributed by atoms with Gasteiger partial charge in [-0.25, -0.2) is 13.8 Å². The van der Waals surface area contributed by atoms with E-state index in [0.717, 1.165) is 23.5 Å². The van der Waals surface area contributed by atoms with Gasteiger partial charge in [-0.05, 0) is 30.3 Å². The number of amides is 1. The molecular weight excluding hydrogens is 430 g/mol. The molecule has 160 valence electrons. The first-order valence-corrected chi connectivity index (χ1v) is 10.1. The molecule has 1 fully saturated rings. The molecule has 0 atom stereocenters. The van der Waals surface area contributed by atoms with Crippen LogP contribution in [0.3, 0.4) is 0 Å². The molecule has 2 aromatic carbocycles. The zero-order chi connectivity index (χ0) is 22.0. The number of hydrogen-bond acceptors (Lipinski definition) is 7. The van der Waals surface area contributed by atoms with Crippen LogP contribution in [0.25, 0.3) is 11.3 Å². The normalized spacial score (nSPS) is 13.8. The van der Waals surface area contributed by atoms with E-state index in [1.54, 1.807) is 11.4 Å². The number of morpholine rings is 1. The van der Waals surface area contributed by atoms with E-state index in [-0.39, 0.29) is 16.4 Å². The summed E-state index contributed by atoms with van der Waals surface area (Å²) in [6, 6.07) is 7.68. The molecule has 1 saturated heterocycles. The van der Waals surface area contributed by atoms with Gasteiger partial charge in [-0.2, -0.15) is 0 Å². The maximum absolute atomic E-state index is 13.4. The average Bonchev–Trinajstić information content (AvgIpc) is 3.24. The van der Waals surface area contributed by atoms with E-state index in [0.29, 0.717) is 43.2 Å². The summed E-state index contributed by atoms with van der Waals surface area (Å²) in [4.78, 5) is 29.7. The first kappa shape index (κ1) is 20.8. The molecule has 0 unspecified atom stereocenters. The molecular formula is C20H16F2N4O4S. The highest BCUT2D eigenvalue weighted by molar-refractivity contribution is 7.14. The van der Waals surface area contributed by atoms with E-state index in [2.05, 4.69) is 10.3 Å². The minimum atomic E-state index is -0.997. The lowest BCUT2D eigenvalue weighted by molar-refractivity contribution is -0.384. The lowest BCUT2D eigenvalue weighted by atomic mass is 10.1. The molecule has 0 saturated carbocycles. The Bertz CT molecular complexity index is 1150. The average molecular weight is 446 g/mol. The largest absolute Gasteiger partial charge is 0.378 e. The van der Waals surface area contributed by atoms with Gasteiger partial charge in [0.05, 0.1) is 23.8 Å². The second-order valence-corrected chi connectivity index (χ2v) is 7.54. The van der Waals surface area contributed by atoms with Gasteiger partial charge in [0.15, 0.2) is 16.8 Å². The Morgan fingerprint density at radius 3 is 2.65 bits per heavy atom. The molecule has 0 radical (unpaired) electrons. The Labute approximate surface area is 179 Å². The van der Waals surface area contributed by atoms with Crippen molar-refractivity contribution >= 4 is 33.8 Å². The van der Waals surface area contributed by atoms with Gasteiger partial charge < -0.3 is 9.64 Å². The number of thiazole rings is 1. The van der Waals surface area contributed by atoms with Crippen LogP contribution in [0.1, 0.15) is 10.4 Å². The fourth-order valence-corrected chi connectivity index (χ4v) is 3.89. The Balaban J connectivity index is 1.53. The minimum absolute atomic E-state index is 0.105. The van der Waals surface area contributed by atoms with Crippen LogP contribution in [0.4, 0.5) is 25.3 Å². The Kier molecular flexibility index (Phi) is 5.87. The zero-order valence-electron chi connectivity index (χ0n) is 16.0. The van der Waals surface area contributed by atoms with E-state index in [4.69, 9.17) is 4.74 Å². The third-order valence-electron chi connectivity index (χ3n) is 4.73. The summed E-state index contributed by atoms with van der Waals surface area (Å²) < 4.78 is 31.8. The van der Waals surface area contributed by atoms with Gasteiger partial charge in [0.25, 0.3) is 11.6 Å². The van der Waals surface area contributed by atoms with Crippen molar-refractivity contribution in [2.45, 2.75) is 0 Å². The van der Waals surface area contributed by atoms with Crippen LogP contribution in [0.15, 0.2) is 41.8 Å². The molecule has 3 aromatic rings. The second kappa shape index (κ2) is 8.74. The third-order valence-corrected chi connectivity index (χ3v) is 5.48. The fourth-order valence-electron chi connectivity index (χ4n) is 3.17. The highest BCUT2D eigenvalue weighted by atomic mass is 32.1. The van der Waals surface area contributed by atoms with Crippen LogP contribution in [0, 0.1) is 21.7 Å². The lowest BCUT2D eigenvalue weighted by Gasteiger charge is -2.28. The number of aromatic nitrogens is 1. The van der Waals surface area contributed by atoms with Gasteiger partial charge in [-0.1, -0.05) is 0 Å². The van der Waals surface area contributed by atoms with Crippen molar-refractivity contribution in [2.75, 3.05) is 36.5 Å². The molecule has 1 aliphatic rings. The Hall–Kier alpha value is -3.44. The first-order valence-electron chi connectivity index (χ1n) is 9.26. The number of nitrogens with zero attached hydrogens (tertiary/aromatic N) is 3. The Morgan fingerprint density at radius 2 is 1.94 bits per heavy atom. The number of ether oxygens (including phenoxy) is 1. The molecule has 1 aromatic heterocycles. The van der Waals surface area contributed by atoms with Crippen LogP contribution in [0.2, 0.25) is 0 Å². The van der Waals surface area contributed by atoms with Crippen molar-refractivity contribution in [1.29, 1.82) is 0 Å². The van der Waals surface area contributed by atoms with E-state index in [1.165, 1.54) is 18.2 Å². The predicted octanol–water partition coefficient (Wildman–Crippen LogP) is 4.09. The summed E-state index contributed by atoms with van der Waals surface area (Å²) in [6.07, 6.45) is 0. The smallest absolute Gasteiger partial charge is 0.293 e. The van der Waals surface area contributed by atoms with Crippen LogP contribution < -0.4 is 10.2 Å². The van der Waals surface area contributed by atoms with Crippen molar-refractivity contribution in [3.8, 4) is 11.3 Å². The maximum Gasteiger partial charge on any atom is 0.293 e. The number of nitro groups is 1. The number of rotatable bonds is 5. The highest BCUT2D eigenvalue weighted by Crippen LogP contribution is 2.31. The van der Waals surface area contributed by atoms with Crippen LogP contribution >= 0.6 is 11.3 Å². The van der Waals surface area contributed by atoms with Gasteiger partial charge in [-0.3, -0.25) is 20.2 Å². The summed E-state index contributed by atoms with van der Waals surface area (Å²) in [5.74, 6) is -2.53. The highest BCUT2D eigenvalue weighted by Gasteiger charge is 2.23. The predicted molar refractivity (Wildman–Crippen MR) is 112 cm³/mol. The van der Waals surface area contributed by atoms with E-state index < -0.39 is 22.5 Å². The van der Waals surface area contributed by atoms with Gasteiger partial charge in [-0.15, -0.1) is 11.3 Å². The topological polar surface area (TPSA) is 97.6 Å². The van der Waals surface area contributed by atoms with Crippen LogP contribution in [-0.2, 0) is 4.74 Å². The summed E-state index contributed by atoms with van der Waals surface area (Å²) in [5, 5.41) is 16.0. The number of nitrogens with one attached hydrogen (secondary N) is 1. The van der Waals surface area contributed by atoms with Crippen molar-refractivity contribution < 1.29 is 23.2 Å². The molecule has 1 amide bonds. The molecule has 0 aliphatic carbocycles. The first-order chi connectivity index (χ1) is 14.9. The molecule has 1 aliphatic heterocycles. The molecule has 2 heterocycles. The third kappa shape index (κ3) is 4.52. The quantitative estimate of drug-likeness (QED) is 0.468. The van der Waals surface area contributed by atoms with Gasteiger partial charge >= 0.3 is 0 Å². The molecule has 0 bridgehead atoms. The number of halogens is 2. The summed E-state index contributed by atoms with van der Waals surface area (Å²) in [6.45, 7) is 2.00. The van der Waals surface area contributed by atoms with Gasteiger partial charge in [0.2, 0.25) is 0 Å². The van der Waals surface area contributed by atoms with Crippen molar-refractivity contribution in [3.63, 3.8) is 0 Å². The standard InChI is InChI=1S/C20H16F2N4O4S/c21-14-3-1-12(9-15(14)22)16-11-31-20(23-16)24-19(27)13-2-4-17(18(10-13)26(28)29)25-5-7-30-8-6-25/h1-4,9-11H,5-8H2,(H,23,24,27). The van der Waals surface area contributed by atoms with Gasteiger partial charge in [0.1, 0.15) is 5.69 Å². The van der Waals surface area contributed by atoms with Crippen molar-refractivity contribution in [2.24, 2.45) is 0 Å². The number of carbonyl (C=O) groups excluding carboxylic acids is 1. The zero-order valence-corrected chi connectivity index (χ0v) is 16.8. The number of carbonyl (C=O) groups is 1. The minimum Gasteiger partial charge on any atom is -0.378 e. The van der Waals surface area contributed by atoms with E-state index in [9.17, 15) is 23.7 Å². The summed E-state index contributed by atoms with van der Waals surface area (Å²) >= 11 is 1.10. The summed E-state index contributed by atoms with van der Waals surface area (Å²) in [5.41, 5.74) is 1.10. The maximum atomic E-state index is 13.4.